The number of rotatable bonds is 11. The molecule has 1 fully saturated rings. The Labute approximate surface area is 213 Å². The van der Waals surface area contributed by atoms with Crippen LogP contribution in [0.4, 0.5) is 4.79 Å². The first-order valence-electron chi connectivity index (χ1n) is 11.4. The van der Waals surface area contributed by atoms with Gasteiger partial charge in [0.25, 0.3) is 5.24 Å². The summed E-state index contributed by atoms with van der Waals surface area (Å²) in [6, 6.07) is 20.4. The summed E-state index contributed by atoms with van der Waals surface area (Å²) >= 11 is 6.93. The Kier molecular flexibility index (Phi) is 8.55. The highest BCUT2D eigenvalue weighted by atomic mass is 35.5. The Morgan fingerprint density at radius 3 is 2.43 bits per heavy atom. The standard InChI is InChI=1S/C27H26ClNO5S/c1-2-5-18-16-23(34-21-10-8-20(28)9-11-21)12-13-24(18)33-15-4-14-32-22-7-3-6-19(17-22)25-26(30)29-27(31)35-25/h3,6-13,16-17,25H,2,4-5,14-15H2,1H3,(H,29,30,31)/t25-/m1/s1. The zero-order valence-corrected chi connectivity index (χ0v) is 20.9. The van der Waals surface area contributed by atoms with E-state index in [4.69, 9.17) is 25.8 Å². The molecule has 0 aromatic heterocycles. The van der Waals surface area contributed by atoms with Crippen LogP contribution in [0.3, 0.4) is 0 Å². The SMILES string of the molecule is CCCc1cc(Oc2ccc(Cl)cc2)ccc1OCCCOc1cccc([C@H]2SC(=O)NC2=O)c1. The van der Waals surface area contributed by atoms with Gasteiger partial charge in [0.05, 0.1) is 13.2 Å². The molecule has 6 nitrogen and oxygen atoms in total. The Hall–Kier alpha value is -3.16. The molecule has 0 unspecified atom stereocenters. The molecule has 3 aromatic carbocycles. The highest BCUT2D eigenvalue weighted by Gasteiger charge is 2.33. The molecule has 1 saturated heterocycles. The topological polar surface area (TPSA) is 73.9 Å². The Balaban J connectivity index is 1.28. The number of hydrogen-bond acceptors (Lipinski definition) is 6. The lowest BCUT2D eigenvalue weighted by molar-refractivity contribution is -0.119. The van der Waals surface area contributed by atoms with Gasteiger partial charge in [-0.05, 0) is 83.9 Å². The van der Waals surface area contributed by atoms with Crippen molar-refractivity contribution in [2.24, 2.45) is 0 Å². The molecule has 2 amide bonds. The summed E-state index contributed by atoms with van der Waals surface area (Å²) in [5, 5.41) is 2.12. The summed E-state index contributed by atoms with van der Waals surface area (Å²) in [5.41, 5.74) is 1.84. The predicted octanol–water partition coefficient (Wildman–Crippen LogP) is 6.96. The van der Waals surface area contributed by atoms with Crippen LogP contribution in [-0.2, 0) is 11.2 Å². The highest BCUT2D eigenvalue weighted by Crippen LogP contribution is 2.35. The average Bonchev–Trinajstić information content (AvgIpc) is 3.20. The van der Waals surface area contributed by atoms with Crippen LogP contribution in [0.2, 0.25) is 5.02 Å². The van der Waals surface area contributed by atoms with E-state index in [0.717, 1.165) is 53.0 Å². The number of thioether (sulfide) groups is 1. The molecule has 0 saturated carbocycles. The van der Waals surface area contributed by atoms with Crippen LogP contribution < -0.4 is 19.5 Å². The minimum Gasteiger partial charge on any atom is -0.493 e. The number of halogens is 1. The van der Waals surface area contributed by atoms with Crippen molar-refractivity contribution >= 4 is 34.5 Å². The molecule has 0 radical (unpaired) electrons. The second-order valence-electron chi connectivity index (χ2n) is 7.97. The first-order valence-corrected chi connectivity index (χ1v) is 12.7. The zero-order chi connectivity index (χ0) is 24.6. The van der Waals surface area contributed by atoms with Gasteiger partial charge in [-0.15, -0.1) is 0 Å². The van der Waals surface area contributed by atoms with Crippen molar-refractivity contribution in [2.45, 2.75) is 31.4 Å². The van der Waals surface area contributed by atoms with Gasteiger partial charge >= 0.3 is 0 Å². The molecule has 3 aromatic rings. The van der Waals surface area contributed by atoms with Crippen LogP contribution in [-0.4, -0.2) is 24.4 Å². The van der Waals surface area contributed by atoms with Gasteiger partial charge in [0.1, 0.15) is 28.2 Å². The fraction of sp³-hybridized carbons (Fsp3) is 0.259. The summed E-state index contributed by atoms with van der Waals surface area (Å²) in [4.78, 5) is 23.3. The molecule has 0 bridgehead atoms. The lowest BCUT2D eigenvalue weighted by Gasteiger charge is -2.14. The van der Waals surface area contributed by atoms with Crippen molar-refractivity contribution in [1.29, 1.82) is 0 Å². The third-order valence-corrected chi connectivity index (χ3v) is 6.55. The monoisotopic (exact) mass is 511 g/mol. The number of aryl methyl sites for hydroxylation is 1. The van der Waals surface area contributed by atoms with Crippen LogP contribution >= 0.6 is 23.4 Å². The van der Waals surface area contributed by atoms with E-state index >= 15 is 0 Å². The molecule has 1 heterocycles. The molecule has 1 N–H and O–H groups in total. The van der Waals surface area contributed by atoms with Crippen LogP contribution in [0.5, 0.6) is 23.0 Å². The van der Waals surface area contributed by atoms with Gasteiger partial charge < -0.3 is 14.2 Å². The average molecular weight is 512 g/mol. The molecule has 4 rings (SSSR count). The lowest BCUT2D eigenvalue weighted by Crippen LogP contribution is -2.20. The summed E-state index contributed by atoms with van der Waals surface area (Å²) in [7, 11) is 0. The van der Waals surface area contributed by atoms with Crippen molar-refractivity contribution in [1.82, 2.24) is 5.32 Å². The highest BCUT2D eigenvalue weighted by molar-refractivity contribution is 8.15. The van der Waals surface area contributed by atoms with Gasteiger partial charge in [-0.25, -0.2) is 0 Å². The number of hydrogen-bond donors (Lipinski definition) is 1. The Morgan fingerprint density at radius 2 is 1.69 bits per heavy atom. The number of amides is 2. The van der Waals surface area contributed by atoms with Crippen LogP contribution in [0.15, 0.2) is 66.7 Å². The number of carbonyl (C=O) groups is 2. The Bertz CT molecular complexity index is 1180. The van der Waals surface area contributed by atoms with Crippen molar-refractivity contribution in [3.63, 3.8) is 0 Å². The summed E-state index contributed by atoms with van der Waals surface area (Å²) < 4.78 is 17.8. The molecular formula is C27H26ClNO5S. The Morgan fingerprint density at radius 1 is 0.914 bits per heavy atom. The molecule has 1 aliphatic heterocycles. The van der Waals surface area contributed by atoms with Gasteiger partial charge in [0.15, 0.2) is 0 Å². The van der Waals surface area contributed by atoms with Gasteiger partial charge in [-0.2, -0.15) is 0 Å². The number of imide groups is 1. The third kappa shape index (κ3) is 6.93. The molecule has 1 aliphatic rings. The van der Waals surface area contributed by atoms with E-state index in [1.54, 1.807) is 18.2 Å². The van der Waals surface area contributed by atoms with E-state index in [1.165, 1.54) is 0 Å². The van der Waals surface area contributed by atoms with Gasteiger partial charge in [0.2, 0.25) is 5.91 Å². The fourth-order valence-electron chi connectivity index (χ4n) is 3.64. The molecule has 182 valence electrons. The lowest BCUT2D eigenvalue weighted by atomic mass is 10.1. The molecular weight excluding hydrogens is 486 g/mol. The van der Waals surface area contributed by atoms with E-state index in [-0.39, 0.29) is 11.1 Å². The predicted molar refractivity (Wildman–Crippen MR) is 138 cm³/mol. The van der Waals surface area contributed by atoms with Crippen molar-refractivity contribution in [3.05, 3.63) is 82.9 Å². The quantitative estimate of drug-likeness (QED) is 0.280. The van der Waals surface area contributed by atoms with E-state index < -0.39 is 5.25 Å². The maximum Gasteiger partial charge on any atom is 0.286 e. The number of ether oxygens (including phenoxy) is 3. The summed E-state index contributed by atoms with van der Waals surface area (Å²) in [6.07, 6.45) is 2.56. The molecule has 35 heavy (non-hydrogen) atoms. The summed E-state index contributed by atoms with van der Waals surface area (Å²) in [5.74, 6) is 2.68. The number of nitrogens with one attached hydrogen (secondary N) is 1. The maximum atomic E-state index is 11.9. The van der Waals surface area contributed by atoms with Gasteiger partial charge in [0, 0.05) is 11.4 Å². The zero-order valence-electron chi connectivity index (χ0n) is 19.3. The largest absolute Gasteiger partial charge is 0.493 e. The molecule has 8 heteroatoms. The van der Waals surface area contributed by atoms with E-state index in [9.17, 15) is 9.59 Å². The van der Waals surface area contributed by atoms with Crippen LogP contribution in [0.25, 0.3) is 0 Å². The number of carbonyl (C=O) groups excluding carboxylic acids is 2. The first kappa shape index (κ1) is 24.9. The van der Waals surface area contributed by atoms with E-state index in [1.807, 2.05) is 48.5 Å². The van der Waals surface area contributed by atoms with E-state index in [2.05, 4.69) is 12.2 Å². The minimum absolute atomic E-state index is 0.294. The van der Waals surface area contributed by atoms with Crippen LogP contribution in [0.1, 0.15) is 36.1 Å². The van der Waals surface area contributed by atoms with Crippen molar-refractivity contribution < 1.29 is 23.8 Å². The second kappa shape index (κ2) is 12.0. The fourth-order valence-corrected chi connectivity index (χ4v) is 4.59. The second-order valence-corrected chi connectivity index (χ2v) is 9.49. The van der Waals surface area contributed by atoms with Crippen LogP contribution in [0, 0.1) is 0 Å². The van der Waals surface area contributed by atoms with Gasteiger partial charge in [-0.3, -0.25) is 14.9 Å². The minimum atomic E-state index is -0.530. The first-order chi connectivity index (χ1) is 17.0. The van der Waals surface area contributed by atoms with Crippen molar-refractivity contribution in [2.75, 3.05) is 13.2 Å². The molecule has 0 spiro atoms. The normalized spacial score (nSPS) is 15.1. The van der Waals surface area contributed by atoms with Gasteiger partial charge in [-0.1, -0.05) is 37.1 Å². The van der Waals surface area contributed by atoms with Crippen molar-refractivity contribution in [3.8, 4) is 23.0 Å². The summed E-state index contributed by atoms with van der Waals surface area (Å²) in [6.45, 7) is 3.10. The third-order valence-electron chi connectivity index (χ3n) is 5.26. The smallest absolute Gasteiger partial charge is 0.286 e. The number of benzene rings is 3. The van der Waals surface area contributed by atoms with E-state index in [0.29, 0.717) is 30.4 Å². The molecule has 0 aliphatic carbocycles. The molecule has 1 atom stereocenters. The maximum absolute atomic E-state index is 11.9.